The fourth-order valence-corrected chi connectivity index (χ4v) is 1.00. The molecule has 1 atom stereocenters. The van der Waals surface area contributed by atoms with Crippen LogP contribution in [0.25, 0.3) is 0 Å². The number of ether oxygens (including phenoxy) is 1. The number of hydrogen-bond acceptors (Lipinski definition) is 1. The quantitative estimate of drug-likeness (QED) is 0.522. The molecule has 0 amide bonds. The number of methoxy groups -OCH3 is 1. The van der Waals surface area contributed by atoms with Crippen LogP contribution in [0.3, 0.4) is 0 Å². The Morgan fingerprint density at radius 3 is 2.91 bits per heavy atom. The van der Waals surface area contributed by atoms with Crippen LogP contribution in [-0.2, 0) is 4.74 Å². The third-order valence-electron chi connectivity index (χ3n) is 1.68. The normalized spacial score (nSPS) is 33.0. The van der Waals surface area contributed by atoms with Crippen LogP contribution < -0.4 is 0 Å². The average Bonchev–Trinajstić information content (AvgIpc) is 2.16. The van der Waals surface area contributed by atoms with Gasteiger partial charge < -0.3 is 4.74 Å². The summed E-state index contributed by atoms with van der Waals surface area (Å²) in [4.78, 5) is 0. The minimum absolute atomic E-state index is 0.244. The van der Waals surface area contributed by atoms with Crippen molar-refractivity contribution in [2.24, 2.45) is 0 Å². The van der Waals surface area contributed by atoms with Gasteiger partial charge in [-0.15, -0.1) is 0 Å². The van der Waals surface area contributed by atoms with E-state index < -0.39 is 0 Å². The smallest absolute Gasteiger partial charge is 0.0789 e. The summed E-state index contributed by atoms with van der Waals surface area (Å²) in [5.74, 6) is 0. The first kappa shape index (κ1) is 8.28. The second kappa shape index (κ2) is 4.91. The van der Waals surface area contributed by atoms with Crippen LogP contribution in [0.5, 0.6) is 0 Å². The van der Waals surface area contributed by atoms with Crippen LogP contribution in [0.15, 0.2) is 36.5 Å². The van der Waals surface area contributed by atoms with Crippen LogP contribution >= 0.6 is 0 Å². The van der Waals surface area contributed by atoms with Crippen LogP contribution in [0.4, 0.5) is 0 Å². The molecule has 0 N–H and O–H groups in total. The highest BCUT2D eigenvalue weighted by Crippen LogP contribution is 2.03. The molecule has 1 aliphatic rings. The molecule has 0 unspecified atom stereocenters. The van der Waals surface area contributed by atoms with E-state index in [1.807, 2.05) is 6.08 Å². The van der Waals surface area contributed by atoms with E-state index in [9.17, 15) is 0 Å². The maximum atomic E-state index is 5.21. The van der Waals surface area contributed by atoms with E-state index in [1.165, 1.54) is 0 Å². The Labute approximate surface area is 68.1 Å². The third-order valence-corrected chi connectivity index (χ3v) is 1.68. The minimum Gasteiger partial charge on any atom is -0.377 e. The van der Waals surface area contributed by atoms with Crippen LogP contribution in [0.1, 0.15) is 12.8 Å². The Kier molecular flexibility index (Phi) is 3.70. The number of hydrogen-bond donors (Lipinski definition) is 0. The van der Waals surface area contributed by atoms with Gasteiger partial charge in [0.1, 0.15) is 0 Å². The molecule has 1 heteroatoms. The van der Waals surface area contributed by atoms with Gasteiger partial charge in [-0.3, -0.25) is 0 Å². The predicted octanol–water partition coefficient (Wildman–Crippen LogP) is 2.46. The van der Waals surface area contributed by atoms with Crippen molar-refractivity contribution >= 4 is 0 Å². The maximum absolute atomic E-state index is 5.21. The van der Waals surface area contributed by atoms with Gasteiger partial charge in [0.2, 0.25) is 0 Å². The standard InChI is InChI=1S/C10H14O/c1-11-10-8-6-4-2-3-5-7-9-10/h2,4-8,10H,3,9H2,1H3/b4-2-,7-5-,8-6-/t10-/m1/s1. The van der Waals surface area contributed by atoms with Crippen molar-refractivity contribution in [3.8, 4) is 0 Å². The molecule has 0 spiro atoms. The van der Waals surface area contributed by atoms with Crippen LogP contribution in [0, 0.1) is 0 Å². The second-order valence-electron chi connectivity index (χ2n) is 2.53. The molecular formula is C10H14O. The Morgan fingerprint density at radius 1 is 1.18 bits per heavy atom. The monoisotopic (exact) mass is 150 g/mol. The summed E-state index contributed by atoms with van der Waals surface area (Å²) in [5.41, 5.74) is 0. The molecule has 60 valence electrons. The molecule has 0 bridgehead atoms. The fourth-order valence-electron chi connectivity index (χ4n) is 1.00. The van der Waals surface area contributed by atoms with E-state index in [0.717, 1.165) is 12.8 Å². The summed E-state index contributed by atoms with van der Waals surface area (Å²) in [7, 11) is 1.74. The van der Waals surface area contributed by atoms with Crippen molar-refractivity contribution in [2.75, 3.05) is 7.11 Å². The van der Waals surface area contributed by atoms with E-state index in [-0.39, 0.29) is 6.10 Å². The number of rotatable bonds is 1. The molecule has 11 heavy (non-hydrogen) atoms. The highest BCUT2D eigenvalue weighted by atomic mass is 16.5. The Bertz CT molecular complexity index is 177. The molecule has 0 aliphatic heterocycles. The van der Waals surface area contributed by atoms with E-state index >= 15 is 0 Å². The highest BCUT2D eigenvalue weighted by Gasteiger charge is 1.97. The van der Waals surface area contributed by atoms with E-state index in [4.69, 9.17) is 4.74 Å². The molecule has 0 heterocycles. The molecule has 0 aromatic heterocycles. The van der Waals surface area contributed by atoms with Crippen LogP contribution in [-0.4, -0.2) is 13.2 Å². The van der Waals surface area contributed by atoms with Gasteiger partial charge in [0.15, 0.2) is 0 Å². The van der Waals surface area contributed by atoms with Gasteiger partial charge in [0.05, 0.1) is 6.10 Å². The average molecular weight is 150 g/mol. The summed E-state index contributed by atoms with van der Waals surface area (Å²) >= 11 is 0. The van der Waals surface area contributed by atoms with Gasteiger partial charge in [-0.05, 0) is 12.8 Å². The Hall–Kier alpha value is -0.820. The maximum Gasteiger partial charge on any atom is 0.0789 e. The molecule has 0 fully saturated rings. The second-order valence-corrected chi connectivity index (χ2v) is 2.53. The van der Waals surface area contributed by atoms with Gasteiger partial charge in [0, 0.05) is 7.11 Å². The first-order valence-electron chi connectivity index (χ1n) is 3.94. The van der Waals surface area contributed by atoms with Crippen molar-refractivity contribution in [3.63, 3.8) is 0 Å². The van der Waals surface area contributed by atoms with Crippen molar-refractivity contribution in [1.29, 1.82) is 0 Å². The van der Waals surface area contributed by atoms with E-state index in [2.05, 4.69) is 30.4 Å². The van der Waals surface area contributed by atoms with Crippen molar-refractivity contribution in [1.82, 2.24) is 0 Å². The van der Waals surface area contributed by atoms with Crippen LogP contribution in [0.2, 0.25) is 0 Å². The first-order valence-corrected chi connectivity index (χ1v) is 3.94. The lowest BCUT2D eigenvalue weighted by molar-refractivity contribution is 0.143. The molecule has 1 nitrogen and oxygen atoms in total. The first-order chi connectivity index (χ1) is 5.43. The molecule has 0 saturated heterocycles. The molecule has 0 aromatic rings. The summed E-state index contributed by atoms with van der Waals surface area (Å²) in [6.45, 7) is 0. The Morgan fingerprint density at radius 2 is 2.09 bits per heavy atom. The lowest BCUT2D eigenvalue weighted by Gasteiger charge is -2.05. The highest BCUT2D eigenvalue weighted by molar-refractivity contribution is 5.10. The topological polar surface area (TPSA) is 9.23 Å². The van der Waals surface area contributed by atoms with Crippen molar-refractivity contribution in [2.45, 2.75) is 18.9 Å². The third kappa shape index (κ3) is 3.19. The lowest BCUT2D eigenvalue weighted by atomic mass is 10.2. The SMILES string of the molecule is CO[C@@H]1/C=C\C=C/C/C=C\C1. The summed E-state index contributed by atoms with van der Waals surface area (Å²) < 4.78 is 5.21. The molecular weight excluding hydrogens is 136 g/mol. The summed E-state index contributed by atoms with van der Waals surface area (Å²) in [6.07, 6.45) is 14.9. The molecule has 0 saturated carbocycles. The minimum atomic E-state index is 0.244. The molecule has 0 radical (unpaired) electrons. The van der Waals surface area contributed by atoms with Gasteiger partial charge in [-0.25, -0.2) is 0 Å². The summed E-state index contributed by atoms with van der Waals surface area (Å²) in [5, 5.41) is 0. The zero-order valence-corrected chi connectivity index (χ0v) is 6.86. The largest absolute Gasteiger partial charge is 0.377 e. The van der Waals surface area contributed by atoms with Gasteiger partial charge in [0.25, 0.3) is 0 Å². The predicted molar refractivity (Wildman–Crippen MR) is 47.5 cm³/mol. The zero-order chi connectivity index (χ0) is 7.94. The van der Waals surface area contributed by atoms with Gasteiger partial charge >= 0.3 is 0 Å². The number of allylic oxidation sites excluding steroid dienone is 4. The van der Waals surface area contributed by atoms with Crippen molar-refractivity contribution in [3.05, 3.63) is 36.5 Å². The van der Waals surface area contributed by atoms with Gasteiger partial charge in [-0.1, -0.05) is 36.5 Å². The zero-order valence-electron chi connectivity index (χ0n) is 6.86. The molecule has 0 aromatic carbocycles. The van der Waals surface area contributed by atoms with E-state index in [1.54, 1.807) is 7.11 Å². The fraction of sp³-hybridized carbons (Fsp3) is 0.400. The Balaban J connectivity index is 2.54. The van der Waals surface area contributed by atoms with Crippen molar-refractivity contribution < 1.29 is 4.74 Å². The molecule has 1 rings (SSSR count). The lowest BCUT2D eigenvalue weighted by Crippen LogP contribution is -2.04. The summed E-state index contributed by atoms with van der Waals surface area (Å²) in [6, 6.07) is 0. The van der Waals surface area contributed by atoms with Gasteiger partial charge in [-0.2, -0.15) is 0 Å². The molecule has 1 aliphatic carbocycles. The van der Waals surface area contributed by atoms with E-state index in [0.29, 0.717) is 0 Å².